The third-order valence-corrected chi connectivity index (χ3v) is 4.80. The average molecular weight is 396 g/mol. The first kappa shape index (κ1) is 19.1. The molecule has 1 N–H and O–H groups in total. The van der Waals surface area contributed by atoms with Gasteiger partial charge in [0, 0.05) is 25.5 Å². The minimum Gasteiger partial charge on any atom is -0.479 e. The zero-order valence-corrected chi connectivity index (χ0v) is 16.2. The first-order valence-electron chi connectivity index (χ1n) is 9.34. The molecule has 0 amide bonds. The van der Waals surface area contributed by atoms with Gasteiger partial charge < -0.3 is 14.8 Å². The van der Waals surface area contributed by atoms with Crippen LogP contribution in [0.2, 0.25) is 0 Å². The molecule has 0 unspecified atom stereocenters. The fourth-order valence-electron chi connectivity index (χ4n) is 3.29. The van der Waals surface area contributed by atoms with Gasteiger partial charge in [0.25, 0.3) is 0 Å². The van der Waals surface area contributed by atoms with E-state index in [1.54, 1.807) is 6.92 Å². The summed E-state index contributed by atoms with van der Waals surface area (Å²) in [5.74, 6) is 1.36. The number of rotatable bonds is 5. The number of halogens is 1. The highest BCUT2D eigenvalue weighted by atomic mass is 19.1. The first-order chi connectivity index (χ1) is 14.1. The third kappa shape index (κ3) is 4.29. The van der Waals surface area contributed by atoms with E-state index in [2.05, 4.69) is 30.2 Å². The van der Waals surface area contributed by atoms with Crippen LogP contribution in [0, 0.1) is 12.7 Å². The third-order valence-electron chi connectivity index (χ3n) is 4.80. The number of aromatic nitrogens is 5. The molecular weight excluding hydrogens is 375 g/mol. The van der Waals surface area contributed by atoms with Gasteiger partial charge in [0.15, 0.2) is 11.6 Å². The molecular formula is C20H21FN6O2. The monoisotopic (exact) mass is 396 g/mol. The molecule has 0 bridgehead atoms. The molecule has 1 saturated heterocycles. The Hall–Kier alpha value is -3.20. The molecule has 0 radical (unpaired) electrons. The lowest BCUT2D eigenvalue weighted by Gasteiger charge is -2.23. The van der Waals surface area contributed by atoms with Crippen molar-refractivity contribution in [2.75, 3.05) is 25.6 Å². The van der Waals surface area contributed by atoms with Crippen LogP contribution in [-0.4, -0.2) is 45.2 Å². The van der Waals surface area contributed by atoms with Gasteiger partial charge in [-0.25, -0.2) is 29.3 Å². The van der Waals surface area contributed by atoms with Crippen LogP contribution in [0.4, 0.5) is 15.9 Å². The van der Waals surface area contributed by atoms with Gasteiger partial charge in [-0.1, -0.05) is 0 Å². The maximum absolute atomic E-state index is 14.0. The number of anilines is 2. The summed E-state index contributed by atoms with van der Waals surface area (Å²) in [6.07, 6.45) is 6.67. The van der Waals surface area contributed by atoms with Gasteiger partial charge in [0.1, 0.15) is 18.0 Å². The molecule has 8 nitrogen and oxygen atoms in total. The summed E-state index contributed by atoms with van der Waals surface area (Å²) < 4.78 is 24.4. The van der Waals surface area contributed by atoms with Crippen molar-refractivity contribution in [3.05, 3.63) is 48.1 Å². The van der Waals surface area contributed by atoms with E-state index in [-0.39, 0.29) is 5.88 Å². The number of hydrogen-bond donors (Lipinski definition) is 1. The highest BCUT2D eigenvalue weighted by Crippen LogP contribution is 2.33. The van der Waals surface area contributed by atoms with Crippen molar-refractivity contribution < 1.29 is 13.9 Å². The van der Waals surface area contributed by atoms with Gasteiger partial charge in [-0.15, -0.1) is 0 Å². The minimum absolute atomic E-state index is 0.0633. The van der Waals surface area contributed by atoms with E-state index < -0.39 is 5.82 Å². The maximum Gasteiger partial charge on any atom is 0.250 e. The summed E-state index contributed by atoms with van der Waals surface area (Å²) >= 11 is 0. The van der Waals surface area contributed by atoms with Gasteiger partial charge in [0.05, 0.1) is 24.6 Å². The molecule has 29 heavy (non-hydrogen) atoms. The molecule has 4 heterocycles. The van der Waals surface area contributed by atoms with E-state index in [0.29, 0.717) is 29.1 Å². The van der Waals surface area contributed by atoms with Gasteiger partial charge in [0.2, 0.25) is 5.88 Å². The molecule has 4 rings (SSSR count). The minimum atomic E-state index is -0.561. The Labute approximate surface area is 167 Å². The normalized spacial score (nSPS) is 14.6. The number of nitrogens with one attached hydrogen (secondary N) is 1. The van der Waals surface area contributed by atoms with Crippen LogP contribution in [0.15, 0.2) is 30.9 Å². The summed E-state index contributed by atoms with van der Waals surface area (Å²) in [7, 11) is 1.37. The predicted octanol–water partition coefficient (Wildman–Crippen LogP) is 3.42. The zero-order chi connectivity index (χ0) is 20.2. The van der Waals surface area contributed by atoms with Crippen molar-refractivity contribution in [3.63, 3.8) is 0 Å². The van der Waals surface area contributed by atoms with Crippen LogP contribution >= 0.6 is 0 Å². The summed E-state index contributed by atoms with van der Waals surface area (Å²) in [5.41, 5.74) is 2.27. The van der Waals surface area contributed by atoms with Gasteiger partial charge in [-0.05, 0) is 37.3 Å². The van der Waals surface area contributed by atoms with Crippen molar-refractivity contribution in [2.45, 2.75) is 25.7 Å². The Bertz CT molecular complexity index is 1010. The highest BCUT2D eigenvalue weighted by molar-refractivity contribution is 5.74. The van der Waals surface area contributed by atoms with Gasteiger partial charge in [-0.2, -0.15) is 0 Å². The lowest BCUT2D eigenvalue weighted by atomic mass is 9.92. The smallest absolute Gasteiger partial charge is 0.250 e. The summed E-state index contributed by atoms with van der Waals surface area (Å²) in [4.78, 5) is 21.4. The number of pyridine rings is 2. The Kier molecular flexibility index (Phi) is 5.57. The van der Waals surface area contributed by atoms with E-state index in [0.717, 1.165) is 37.2 Å². The number of nitrogens with zero attached hydrogens (tertiary/aromatic N) is 5. The highest BCUT2D eigenvalue weighted by Gasteiger charge is 2.20. The second-order valence-electron chi connectivity index (χ2n) is 6.75. The van der Waals surface area contributed by atoms with Crippen LogP contribution in [-0.2, 0) is 4.74 Å². The molecule has 0 spiro atoms. The Morgan fingerprint density at radius 3 is 2.66 bits per heavy atom. The fourth-order valence-corrected chi connectivity index (χ4v) is 3.29. The molecule has 9 heteroatoms. The molecule has 1 fully saturated rings. The maximum atomic E-state index is 14.0. The zero-order valence-electron chi connectivity index (χ0n) is 16.2. The average Bonchev–Trinajstić information content (AvgIpc) is 2.75. The van der Waals surface area contributed by atoms with Gasteiger partial charge in [-0.3, -0.25) is 0 Å². The first-order valence-corrected chi connectivity index (χ1v) is 9.34. The molecule has 3 aromatic rings. The van der Waals surface area contributed by atoms with E-state index in [9.17, 15) is 4.39 Å². The molecule has 0 atom stereocenters. The van der Waals surface area contributed by atoms with Crippen molar-refractivity contribution in [1.82, 2.24) is 24.9 Å². The topological polar surface area (TPSA) is 94.9 Å². The molecule has 0 saturated carbocycles. The molecule has 3 aromatic heterocycles. The fraction of sp³-hybridized carbons (Fsp3) is 0.350. The SMILES string of the molecule is COc1ncc(Nc2ncc(C3CCOCC3)cc2-c2ncnc(C)n2)cc1F. The van der Waals surface area contributed by atoms with Crippen LogP contribution in [0.25, 0.3) is 11.4 Å². The van der Waals surface area contributed by atoms with Gasteiger partial charge >= 0.3 is 0 Å². The van der Waals surface area contributed by atoms with E-state index >= 15 is 0 Å². The standard InChI is InChI=1S/C20H21FN6O2/c1-12-24-11-25-19(26-12)16-7-14(13-3-5-29-6-4-13)9-22-18(16)27-15-8-17(21)20(28-2)23-10-15/h7-11,13H,3-6H2,1-2H3,(H,22,27). The number of aryl methyl sites for hydroxylation is 1. The Balaban J connectivity index is 1.73. The molecule has 1 aliphatic heterocycles. The Morgan fingerprint density at radius 1 is 1.10 bits per heavy atom. The summed E-state index contributed by atoms with van der Waals surface area (Å²) in [6, 6.07) is 3.34. The molecule has 150 valence electrons. The Morgan fingerprint density at radius 2 is 1.93 bits per heavy atom. The second-order valence-corrected chi connectivity index (χ2v) is 6.75. The van der Waals surface area contributed by atoms with E-state index in [1.807, 2.05) is 12.3 Å². The molecule has 1 aliphatic rings. The van der Waals surface area contributed by atoms with Crippen molar-refractivity contribution in [1.29, 1.82) is 0 Å². The summed E-state index contributed by atoms with van der Waals surface area (Å²) in [5, 5.41) is 3.12. The predicted molar refractivity (Wildman–Crippen MR) is 105 cm³/mol. The van der Waals surface area contributed by atoms with Crippen LogP contribution in [0.3, 0.4) is 0 Å². The number of methoxy groups -OCH3 is 1. The van der Waals surface area contributed by atoms with Crippen LogP contribution < -0.4 is 10.1 Å². The van der Waals surface area contributed by atoms with E-state index in [4.69, 9.17) is 9.47 Å². The number of ether oxygens (including phenoxy) is 2. The van der Waals surface area contributed by atoms with Crippen molar-refractivity contribution in [2.24, 2.45) is 0 Å². The summed E-state index contributed by atoms with van der Waals surface area (Å²) in [6.45, 7) is 3.28. The number of hydrogen-bond acceptors (Lipinski definition) is 8. The lowest BCUT2D eigenvalue weighted by Crippen LogP contribution is -2.14. The van der Waals surface area contributed by atoms with Crippen molar-refractivity contribution in [3.8, 4) is 17.3 Å². The largest absolute Gasteiger partial charge is 0.479 e. The van der Waals surface area contributed by atoms with Crippen LogP contribution in [0.1, 0.15) is 30.1 Å². The molecule has 0 aliphatic carbocycles. The van der Waals surface area contributed by atoms with E-state index in [1.165, 1.54) is 25.7 Å². The quantitative estimate of drug-likeness (QED) is 0.701. The van der Waals surface area contributed by atoms with Crippen LogP contribution in [0.5, 0.6) is 5.88 Å². The second kappa shape index (κ2) is 8.44. The molecule has 0 aromatic carbocycles. The lowest BCUT2D eigenvalue weighted by molar-refractivity contribution is 0.0853. The van der Waals surface area contributed by atoms with Crippen molar-refractivity contribution >= 4 is 11.5 Å².